The van der Waals surface area contributed by atoms with Crippen molar-refractivity contribution in [3.8, 4) is 0 Å². The van der Waals surface area contributed by atoms with E-state index in [0.29, 0.717) is 16.0 Å². The number of thiophene rings is 1. The largest absolute Gasteiger partial charge is 0.326 e. The van der Waals surface area contributed by atoms with Crippen molar-refractivity contribution in [3.63, 3.8) is 0 Å². The summed E-state index contributed by atoms with van der Waals surface area (Å²) in [5, 5.41) is 0. The third kappa shape index (κ3) is 3.57. The van der Waals surface area contributed by atoms with Crippen molar-refractivity contribution in [1.29, 1.82) is 0 Å². The number of aromatic nitrogens is 2. The molecule has 0 bridgehead atoms. The van der Waals surface area contributed by atoms with E-state index in [4.69, 9.17) is 5.73 Å². The van der Waals surface area contributed by atoms with E-state index in [2.05, 4.69) is 30.6 Å². The SMILES string of the molecule is NCc1cc(S(=O)(=O)NCc2ccncn2)c(Br)s1. The fourth-order valence-electron chi connectivity index (χ4n) is 1.35. The van der Waals surface area contributed by atoms with Gasteiger partial charge in [0.25, 0.3) is 0 Å². The molecule has 0 aliphatic heterocycles. The second-order valence-electron chi connectivity index (χ2n) is 3.58. The van der Waals surface area contributed by atoms with Crippen LogP contribution in [0.25, 0.3) is 0 Å². The molecule has 0 aliphatic carbocycles. The van der Waals surface area contributed by atoms with Gasteiger partial charge in [-0.3, -0.25) is 0 Å². The van der Waals surface area contributed by atoms with Gasteiger partial charge in [-0.1, -0.05) is 0 Å². The van der Waals surface area contributed by atoms with Gasteiger partial charge in [-0.25, -0.2) is 23.1 Å². The molecule has 0 radical (unpaired) electrons. The summed E-state index contributed by atoms with van der Waals surface area (Å²) in [6.45, 7) is 0.426. The van der Waals surface area contributed by atoms with Gasteiger partial charge in [0.15, 0.2) is 0 Å². The fourth-order valence-corrected chi connectivity index (χ4v) is 4.91. The van der Waals surface area contributed by atoms with Crippen molar-refractivity contribution >= 4 is 37.3 Å². The van der Waals surface area contributed by atoms with Gasteiger partial charge in [-0.15, -0.1) is 11.3 Å². The smallest absolute Gasteiger partial charge is 0.242 e. The van der Waals surface area contributed by atoms with Gasteiger partial charge >= 0.3 is 0 Å². The molecule has 0 aliphatic rings. The van der Waals surface area contributed by atoms with Gasteiger partial charge in [0.05, 0.1) is 16.0 Å². The third-order valence-electron chi connectivity index (χ3n) is 2.28. The van der Waals surface area contributed by atoms with Crippen LogP contribution in [0.1, 0.15) is 10.6 Å². The lowest BCUT2D eigenvalue weighted by Crippen LogP contribution is -2.23. The molecule has 0 saturated heterocycles. The van der Waals surface area contributed by atoms with Crippen LogP contribution in [-0.4, -0.2) is 18.4 Å². The van der Waals surface area contributed by atoms with Crippen LogP contribution in [-0.2, 0) is 23.1 Å². The maximum atomic E-state index is 12.1. The summed E-state index contributed by atoms with van der Waals surface area (Å²) in [7, 11) is -3.58. The number of hydrogen-bond acceptors (Lipinski definition) is 6. The predicted octanol–water partition coefficient (Wildman–Crippen LogP) is 1.24. The molecule has 0 unspecified atom stereocenters. The summed E-state index contributed by atoms with van der Waals surface area (Å²) >= 11 is 4.55. The zero-order valence-corrected chi connectivity index (χ0v) is 12.9. The number of rotatable bonds is 5. The van der Waals surface area contributed by atoms with Crippen LogP contribution < -0.4 is 10.5 Å². The van der Waals surface area contributed by atoms with Crippen molar-refractivity contribution in [2.45, 2.75) is 18.0 Å². The Balaban J connectivity index is 2.16. The van der Waals surface area contributed by atoms with Gasteiger partial charge in [-0.2, -0.15) is 0 Å². The predicted molar refractivity (Wildman–Crippen MR) is 76.0 cm³/mol. The molecule has 2 aromatic rings. The zero-order chi connectivity index (χ0) is 13.9. The zero-order valence-electron chi connectivity index (χ0n) is 9.71. The molecule has 0 amide bonds. The minimum atomic E-state index is -3.58. The molecular weight excluding hydrogens is 352 g/mol. The van der Waals surface area contributed by atoms with E-state index >= 15 is 0 Å². The van der Waals surface area contributed by atoms with E-state index in [0.717, 1.165) is 4.88 Å². The second-order valence-corrected chi connectivity index (χ2v) is 7.77. The van der Waals surface area contributed by atoms with Crippen molar-refractivity contribution in [3.05, 3.63) is 39.0 Å². The average molecular weight is 363 g/mol. The summed E-state index contributed by atoms with van der Waals surface area (Å²) in [6.07, 6.45) is 2.93. The fraction of sp³-hybridized carbons (Fsp3) is 0.200. The third-order valence-corrected chi connectivity index (χ3v) is 5.96. The number of hydrogen-bond donors (Lipinski definition) is 2. The van der Waals surface area contributed by atoms with Crippen molar-refractivity contribution in [2.75, 3.05) is 0 Å². The Morgan fingerprint density at radius 2 is 2.26 bits per heavy atom. The van der Waals surface area contributed by atoms with Crippen molar-refractivity contribution < 1.29 is 8.42 Å². The summed E-state index contributed by atoms with van der Waals surface area (Å²) in [4.78, 5) is 8.72. The van der Waals surface area contributed by atoms with Crippen LogP contribution in [0.15, 0.2) is 33.3 Å². The Bertz CT molecular complexity index is 657. The van der Waals surface area contributed by atoms with Gasteiger partial charge in [0.1, 0.15) is 11.2 Å². The van der Waals surface area contributed by atoms with Gasteiger partial charge in [-0.05, 0) is 28.1 Å². The molecule has 0 atom stereocenters. The summed E-state index contributed by atoms with van der Waals surface area (Å²) in [6, 6.07) is 3.22. The minimum Gasteiger partial charge on any atom is -0.326 e. The van der Waals surface area contributed by atoms with Crippen molar-refractivity contribution in [2.24, 2.45) is 5.73 Å². The van der Waals surface area contributed by atoms with Crippen LogP contribution >= 0.6 is 27.3 Å². The summed E-state index contributed by atoms with van der Waals surface area (Å²) in [5.41, 5.74) is 6.10. The minimum absolute atomic E-state index is 0.116. The van der Waals surface area contributed by atoms with E-state index < -0.39 is 10.0 Å². The van der Waals surface area contributed by atoms with Crippen LogP contribution in [0.3, 0.4) is 0 Å². The highest BCUT2D eigenvalue weighted by Gasteiger charge is 2.20. The Morgan fingerprint density at radius 1 is 1.47 bits per heavy atom. The molecule has 0 aromatic carbocycles. The first-order chi connectivity index (χ1) is 9.03. The molecule has 9 heteroatoms. The lowest BCUT2D eigenvalue weighted by atomic mass is 10.4. The molecular formula is C10H11BrN4O2S2. The van der Waals surface area contributed by atoms with E-state index in [1.165, 1.54) is 17.7 Å². The molecule has 0 saturated carbocycles. The average Bonchev–Trinajstić information content (AvgIpc) is 2.80. The number of nitrogens with zero attached hydrogens (tertiary/aromatic N) is 2. The van der Waals surface area contributed by atoms with Crippen LogP contribution in [0.5, 0.6) is 0 Å². The summed E-state index contributed by atoms with van der Waals surface area (Å²) in [5.74, 6) is 0. The van der Waals surface area contributed by atoms with E-state index in [9.17, 15) is 8.42 Å². The molecule has 2 aromatic heterocycles. The maximum Gasteiger partial charge on any atom is 0.242 e. The standard InChI is InChI=1S/C10H11BrN4O2S2/c11-10-9(3-8(4-12)18-10)19(16,17)15-5-7-1-2-13-6-14-7/h1-3,6,15H,4-5,12H2. The quantitative estimate of drug-likeness (QED) is 0.833. The lowest BCUT2D eigenvalue weighted by Gasteiger charge is -2.04. The van der Waals surface area contributed by atoms with Crippen LogP contribution in [0.4, 0.5) is 0 Å². The highest BCUT2D eigenvalue weighted by molar-refractivity contribution is 9.11. The number of sulfonamides is 1. The Morgan fingerprint density at radius 3 is 2.84 bits per heavy atom. The van der Waals surface area contributed by atoms with Gasteiger partial charge < -0.3 is 5.73 Å². The highest BCUT2D eigenvalue weighted by Crippen LogP contribution is 2.31. The maximum absolute atomic E-state index is 12.1. The topological polar surface area (TPSA) is 98.0 Å². The number of nitrogens with one attached hydrogen (secondary N) is 1. The first-order valence-electron chi connectivity index (χ1n) is 5.26. The summed E-state index contributed by atoms with van der Waals surface area (Å²) < 4.78 is 27.3. The molecule has 6 nitrogen and oxygen atoms in total. The number of nitrogens with two attached hydrogens (primary N) is 1. The highest BCUT2D eigenvalue weighted by atomic mass is 79.9. The van der Waals surface area contributed by atoms with Gasteiger partial charge in [0.2, 0.25) is 10.0 Å². The first-order valence-corrected chi connectivity index (χ1v) is 8.35. The molecule has 2 heterocycles. The lowest BCUT2D eigenvalue weighted by molar-refractivity contribution is 0.580. The molecule has 2 rings (SSSR count). The normalized spacial score (nSPS) is 11.7. The molecule has 19 heavy (non-hydrogen) atoms. The van der Waals surface area contributed by atoms with E-state index in [1.54, 1.807) is 18.3 Å². The van der Waals surface area contributed by atoms with Crippen molar-refractivity contribution in [1.82, 2.24) is 14.7 Å². The van der Waals surface area contributed by atoms with Crippen LogP contribution in [0, 0.1) is 0 Å². The molecule has 3 N–H and O–H groups in total. The Labute approximate surface area is 123 Å². The molecule has 102 valence electrons. The second kappa shape index (κ2) is 6.06. The Kier molecular flexibility index (Phi) is 4.63. The number of halogens is 1. The van der Waals surface area contributed by atoms with Crippen LogP contribution in [0.2, 0.25) is 0 Å². The van der Waals surface area contributed by atoms with E-state index in [-0.39, 0.29) is 11.4 Å². The Hall–Kier alpha value is -0.870. The monoisotopic (exact) mass is 362 g/mol. The van der Waals surface area contributed by atoms with E-state index in [1.807, 2.05) is 0 Å². The molecule has 0 fully saturated rings. The van der Waals surface area contributed by atoms with Gasteiger partial charge in [0, 0.05) is 17.6 Å². The molecule has 0 spiro atoms. The first kappa shape index (κ1) is 14.5.